The van der Waals surface area contributed by atoms with Gasteiger partial charge in [-0.15, -0.1) is 0 Å². The molecule has 0 unspecified atom stereocenters. The third-order valence-electron chi connectivity index (χ3n) is 3.03. The number of halogens is 2. The highest BCUT2D eigenvalue weighted by Gasteiger charge is 2.12. The summed E-state index contributed by atoms with van der Waals surface area (Å²) in [4.78, 5) is 4.24. The van der Waals surface area contributed by atoms with Crippen LogP contribution in [0.3, 0.4) is 0 Å². The van der Waals surface area contributed by atoms with Gasteiger partial charge in [0.1, 0.15) is 5.75 Å². The Balaban J connectivity index is 2.13. The SMILES string of the molecule is OCc1cc(Oc2cccc(F)c2F)c2ccccc2n1. The minimum absolute atomic E-state index is 0.213. The van der Waals surface area contributed by atoms with Crippen LogP contribution in [-0.2, 0) is 6.61 Å². The van der Waals surface area contributed by atoms with Gasteiger partial charge in [-0.25, -0.2) is 4.39 Å². The van der Waals surface area contributed by atoms with Gasteiger partial charge in [-0.3, -0.25) is 4.98 Å². The third-order valence-corrected chi connectivity index (χ3v) is 3.03. The first kappa shape index (κ1) is 13.5. The summed E-state index contributed by atoms with van der Waals surface area (Å²) in [5.41, 5.74) is 0.997. The second kappa shape index (κ2) is 5.46. The number of pyridine rings is 1. The molecular formula is C16H11F2NO2. The fourth-order valence-electron chi connectivity index (χ4n) is 2.04. The number of aliphatic hydroxyl groups is 1. The van der Waals surface area contributed by atoms with Crippen molar-refractivity contribution in [2.45, 2.75) is 6.61 Å². The molecule has 3 rings (SSSR count). The van der Waals surface area contributed by atoms with E-state index in [0.29, 0.717) is 22.3 Å². The van der Waals surface area contributed by atoms with Crippen LogP contribution in [0.25, 0.3) is 10.9 Å². The van der Waals surface area contributed by atoms with Crippen LogP contribution in [0.15, 0.2) is 48.5 Å². The number of rotatable bonds is 3. The zero-order valence-electron chi connectivity index (χ0n) is 10.9. The summed E-state index contributed by atoms with van der Waals surface area (Å²) >= 11 is 0. The van der Waals surface area contributed by atoms with Gasteiger partial charge >= 0.3 is 0 Å². The molecule has 0 radical (unpaired) electrons. The zero-order valence-corrected chi connectivity index (χ0v) is 10.9. The summed E-state index contributed by atoms with van der Waals surface area (Å²) < 4.78 is 32.4. The lowest BCUT2D eigenvalue weighted by Gasteiger charge is -2.11. The Kier molecular flexibility index (Phi) is 3.50. The second-order valence-electron chi connectivity index (χ2n) is 4.44. The first-order valence-corrected chi connectivity index (χ1v) is 6.30. The number of fused-ring (bicyclic) bond motifs is 1. The lowest BCUT2D eigenvalue weighted by atomic mass is 10.2. The van der Waals surface area contributed by atoms with Crippen molar-refractivity contribution in [3.63, 3.8) is 0 Å². The van der Waals surface area contributed by atoms with Crippen LogP contribution in [0, 0.1) is 11.6 Å². The van der Waals surface area contributed by atoms with E-state index in [-0.39, 0.29) is 12.4 Å². The van der Waals surface area contributed by atoms with Crippen molar-refractivity contribution < 1.29 is 18.6 Å². The standard InChI is InChI=1S/C16H11F2NO2/c17-12-5-3-7-14(16(12)18)21-15-8-10(9-20)19-13-6-2-1-4-11(13)15/h1-8,20H,9H2. The molecule has 0 aliphatic carbocycles. The molecule has 1 N–H and O–H groups in total. The Labute approximate surface area is 119 Å². The summed E-state index contributed by atoms with van der Waals surface area (Å²) in [6.45, 7) is -0.271. The Morgan fingerprint density at radius 1 is 1.00 bits per heavy atom. The molecule has 0 amide bonds. The molecule has 3 nitrogen and oxygen atoms in total. The van der Waals surface area contributed by atoms with Crippen molar-refractivity contribution in [3.8, 4) is 11.5 Å². The highest BCUT2D eigenvalue weighted by molar-refractivity contribution is 5.85. The average molecular weight is 287 g/mol. The van der Waals surface area contributed by atoms with Gasteiger partial charge in [0.15, 0.2) is 11.6 Å². The Morgan fingerprint density at radius 2 is 1.81 bits per heavy atom. The van der Waals surface area contributed by atoms with Crippen molar-refractivity contribution in [2.75, 3.05) is 0 Å². The predicted octanol–water partition coefficient (Wildman–Crippen LogP) is 3.80. The average Bonchev–Trinajstić information content (AvgIpc) is 2.51. The molecule has 0 saturated heterocycles. The number of ether oxygens (including phenoxy) is 1. The molecular weight excluding hydrogens is 276 g/mol. The topological polar surface area (TPSA) is 42.4 Å². The lowest BCUT2D eigenvalue weighted by molar-refractivity contribution is 0.276. The van der Waals surface area contributed by atoms with Gasteiger partial charge in [-0.05, 0) is 24.3 Å². The van der Waals surface area contributed by atoms with Gasteiger partial charge < -0.3 is 9.84 Å². The van der Waals surface area contributed by atoms with Gasteiger partial charge in [0, 0.05) is 11.5 Å². The largest absolute Gasteiger partial charge is 0.453 e. The molecule has 0 fully saturated rings. The molecule has 106 valence electrons. The minimum Gasteiger partial charge on any atom is -0.453 e. The number of aliphatic hydroxyl groups excluding tert-OH is 1. The minimum atomic E-state index is -1.05. The predicted molar refractivity (Wildman–Crippen MR) is 74.1 cm³/mol. The van der Waals surface area contributed by atoms with Crippen molar-refractivity contribution in [1.29, 1.82) is 0 Å². The summed E-state index contributed by atoms with van der Waals surface area (Å²) in [5, 5.41) is 9.89. The molecule has 0 saturated carbocycles. The van der Waals surface area contributed by atoms with Crippen LogP contribution in [-0.4, -0.2) is 10.1 Å². The van der Waals surface area contributed by atoms with Crippen molar-refractivity contribution >= 4 is 10.9 Å². The number of hydrogen-bond donors (Lipinski definition) is 1. The van der Waals surface area contributed by atoms with Gasteiger partial charge in [0.2, 0.25) is 5.82 Å². The van der Waals surface area contributed by atoms with E-state index in [1.165, 1.54) is 18.2 Å². The maximum absolute atomic E-state index is 13.7. The van der Waals surface area contributed by atoms with Crippen molar-refractivity contribution in [1.82, 2.24) is 4.98 Å². The summed E-state index contributed by atoms with van der Waals surface area (Å²) in [5.74, 6) is -1.93. The summed E-state index contributed by atoms with van der Waals surface area (Å²) in [6.07, 6.45) is 0. The monoisotopic (exact) mass is 287 g/mol. The van der Waals surface area contributed by atoms with Gasteiger partial charge in [0.05, 0.1) is 17.8 Å². The summed E-state index contributed by atoms with van der Waals surface area (Å²) in [6, 6.07) is 12.3. The van der Waals surface area contributed by atoms with E-state index in [9.17, 15) is 13.9 Å². The molecule has 3 aromatic rings. The highest BCUT2D eigenvalue weighted by Crippen LogP contribution is 2.31. The number of para-hydroxylation sites is 1. The fourth-order valence-corrected chi connectivity index (χ4v) is 2.04. The maximum Gasteiger partial charge on any atom is 0.201 e. The molecule has 0 spiro atoms. The Hall–Kier alpha value is -2.53. The number of hydrogen-bond acceptors (Lipinski definition) is 3. The molecule has 0 bridgehead atoms. The lowest BCUT2D eigenvalue weighted by Crippen LogP contribution is -1.96. The first-order chi connectivity index (χ1) is 10.2. The van der Waals surface area contributed by atoms with E-state index in [1.807, 2.05) is 0 Å². The first-order valence-electron chi connectivity index (χ1n) is 6.30. The third kappa shape index (κ3) is 2.55. The maximum atomic E-state index is 13.7. The van der Waals surface area contributed by atoms with Crippen LogP contribution < -0.4 is 4.74 Å². The van der Waals surface area contributed by atoms with Crippen LogP contribution in [0.1, 0.15) is 5.69 Å². The molecule has 0 atom stereocenters. The van der Waals surface area contributed by atoms with Crippen LogP contribution >= 0.6 is 0 Å². The van der Waals surface area contributed by atoms with Crippen LogP contribution in [0.4, 0.5) is 8.78 Å². The molecule has 1 heterocycles. The molecule has 1 aromatic heterocycles. The van der Waals surface area contributed by atoms with E-state index in [4.69, 9.17) is 4.74 Å². The van der Waals surface area contributed by atoms with Gasteiger partial charge in [-0.1, -0.05) is 18.2 Å². The van der Waals surface area contributed by atoms with Crippen LogP contribution in [0.5, 0.6) is 11.5 Å². The highest BCUT2D eigenvalue weighted by atomic mass is 19.2. The number of nitrogens with zero attached hydrogens (tertiary/aromatic N) is 1. The van der Waals surface area contributed by atoms with E-state index in [2.05, 4.69) is 4.98 Å². The zero-order chi connectivity index (χ0) is 14.8. The fraction of sp³-hybridized carbons (Fsp3) is 0.0625. The van der Waals surface area contributed by atoms with Crippen LogP contribution in [0.2, 0.25) is 0 Å². The second-order valence-corrected chi connectivity index (χ2v) is 4.44. The number of aromatic nitrogens is 1. The summed E-state index contributed by atoms with van der Waals surface area (Å²) in [7, 11) is 0. The van der Waals surface area contributed by atoms with E-state index in [0.717, 1.165) is 6.07 Å². The van der Waals surface area contributed by atoms with Crippen molar-refractivity contribution in [3.05, 3.63) is 65.9 Å². The van der Waals surface area contributed by atoms with Crippen molar-refractivity contribution in [2.24, 2.45) is 0 Å². The van der Waals surface area contributed by atoms with E-state index in [1.54, 1.807) is 24.3 Å². The molecule has 2 aromatic carbocycles. The molecule has 0 aliphatic rings. The van der Waals surface area contributed by atoms with Gasteiger partial charge in [0.25, 0.3) is 0 Å². The normalized spacial score (nSPS) is 10.8. The number of benzene rings is 2. The quantitative estimate of drug-likeness (QED) is 0.796. The van der Waals surface area contributed by atoms with E-state index >= 15 is 0 Å². The van der Waals surface area contributed by atoms with E-state index < -0.39 is 11.6 Å². The Morgan fingerprint density at radius 3 is 2.62 bits per heavy atom. The molecule has 5 heteroatoms. The molecule has 21 heavy (non-hydrogen) atoms. The molecule has 0 aliphatic heterocycles. The van der Waals surface area contributed by atoms with Gasteiger partial charge in [-0.2, -0.15) is 4.39 Å². The smallest absolute Gasteiger partial charge is 0.201 e. The Bertz CT molecular complexity index is 805.